The number of hydrogen-bond donors (Lipinski definition) is 6. The lowest BCUT2D eigenvalue weighted by Gasteiger charge is -2.25. The van der Waals surface area contributed by atoms with Gasteiger partial charge < -0.3 is 32.5 Å². The van der Waals surface area contributed by atoms with Crippen molar-refractivity contribution in [2.24, 2.45) is 23.3 Å². The van der Waals surface area contributed by atoms with Crippen LogP contribution in [0.2, 0.25) is 0 Å². The van der Waals surface area contributed by atoms with E-state index in [4.69, 9.17) is 16.6 Å². The van der Waals surface area contributed by atoms with Crippen LogP contribution in [-0.4, -0.2) is 58.9 Å². The molecule has 0 fully saturated rings. The Morgan fingerprint density at radius 1 is 0.828 bits per heavy atom. The molecule has 0 saturated carbocycles. The molecule has 0 saturated heterocycles. The van der Waals surface area contributed by atoms with E-state index in [1.54, 1.807) is 13.8 Å². The van der Waals surface area contributed by atoms with Gasteiger partial charge in [0.1, 0.15) is 18.1 Å². The van der Waals surface area contributed by atoms with Crippen LogP contribution in [-0.2, 0) is 24.0 Å². The van der Waals surface area contributed by atoms with Crippen molar-refractivity contribution in [1.82, 2.24) is 16.0 Å². The number of carboxylic acid groups (broad SMARTS) is 1. The average molecular weight is 415 g/mol. The summed E-state index contributed by atoms with van der Waals surface area (Å²) in [5.41, 5.74) is 10.7. The Morgan fingerprint density at radius 2 is 1.34 bits per heavy atom. The van der Waals surface area contributed by atoms with Gasteiger partial charge in [-0.15, -0.1) is 0 Å². The van der Waals surface area contributed by atoms with Crippen molar-refractivity contribution in [2.45, 2.75) is 71.6 Å². The maximum absolute atomic E-state index is 12.5. The van der Waals surface area contributed by atoms with Gasteiger partial charge in [-0.3, -0.25) is 19.2 Å². The van der Waals surface area contributed by atoms with Crippen LogP contribution < -0.4 is 27.4 Å². The molecule has 11 nitrogen and oxygen atoms in total. The number of rotatable bonds is 12. The van der Waals surface area contributed by atoms with E-state index < -0.39 is 60.2 Å². The third-order valence-electron chi connectivity index (χ3n) is 4.13. The van der Waals surface area contributed by atoms with E-state index in [1.807, 2.05) is 13.8 Å². The van der Waals surface area contributed by atoms with Gasteiger partial charge in [-0.1, -0.05) is 27.7 Å². The van der Waals surface area contributed by atoms with E-state index >= 15 is 0 Å². The van der Waals surface area contributed by atoms with Crippen molar-refractivity contribution in [1.29, 1.82) is 0 Å². The Balaban J connectivity index is 5.15. The zero-order chi connectivity index (χ0) is 22.9. The third kappa shape index (κ3) is 9.88. The largest absolute Gasteiger partial charge is 0.480 e. The fraction of sp³-hybridized carbons (Fsp3) is 0.722. The molecule has 0 aromatic carbocycles. The molecule has 0 spiro atoms. The van der Waals surface area contributed by atoms with E-state index in [0.717, 1.165) is 0 Å². The average Bonchev–Trinajstić information content (AvgIpc) is 2.58. The molecule has 0 heterocycles. The van der Waals surface area contributed by atoms with Gasteiger partial charge in [-0.05, 0) is 25.2 Å². The molecule has 166 valence electrons. The maximum atomic E-state index is 12.5. The molecular formula is C18H33N5O6. The highest BCUT2D eigenvalue weighted by atomic mass is 16.4. The normalized spacial score (nSPS) is 15.2. The second-order valence-electron chi connectivity index (χ2n) is 7.76. The summed E-state index contributed by atoms with van der Waals surface area (Å²) in [6.45, 7) is 8.61. The molecule has 0 aliphatic heterocycles. The van der Waals surface area contributed by atoms with E-state index in [1.165, 1.54) is 6.92 Å². The maximum Gasteiger partial charge on any atom is 0.326 e. The summed E-state index contributed by atoms with van der Waals surface area (Å²) in [5.74, 6) is -4.34. The second kappa shape index (κ2) is 12.0. The summed E-state index contributed by atoms with van der Waals surface area (Å²) in [4.78, 5) is 59.2. The molecule has 11 heteroatoms. The molecule has 4 unspecified atom stereocenters. The zero-order valence-corrected chi connectivity index (χ0v) is 17.5. The molecule has 0 aromatic heterocycles. The van der Waals surface area contributed by atoms with Crippen molar-refractivity contribution < 1.29 is 29.1 Å². The first-order valence-electron chi connectivity index (χ1n) is 9.44. The number of carbonyl (C=O) groups excluding carboxylic acids is 4. The Hall–Kier alpha value is -2.69. The predicted molar refractivity (Wildman–Crippen MR) is 105 cm³/mol. The molecule has 8 N–H and O–H groups in total. The van der Waals surface area contributed by atoms with Crippen LogP contribution in [0.4, 0.5) is 0 Å². The van der Waals surface area contributed by atoms with Crippen LogP contribution in [0.5, 0.6) is 0 Å². The van der Waals surface area contributed by atoms with E-state index in [9.17, 15) is 24.0 Å². The first kappa shape index (κ1) is 26.3. The number of aliphatic carboxylic acids is 1. The molecule has 0 radical (unpaired) electrons. The smallest absolute Gasteiger partial charge is 0.326 e. The molecule has 4 atom stereocenters. The molecule has 0 aliphatic carbocycles. The number of carboxylic acids is 1. The van der Waals surface area contributed by atoms with Crippen molar-refractivity contribution in [3.05, 3.63) is 0 Å². The number of nitrogens with one attached hydrogen (secondary N) is 3. The molecule has 4 amide bonds. The number of hydrogen-bond acceptors (Lipinski definition) is 6. The molecule has 0 aliphatic rings. The minimum absolute atomic E-state index is 0.00951. The summed E-state index contributed by atoms with van der Waals surface area (Å²) in [6.07, 6.45) is -0.365. The Kier molecular flexibility index (Phi) is 10.9. The third-order valence-corrected chi connectivity index (χ3v) is 4.13. The minimum atomic E-state index is -1.51. The van der Waals surface area contributed by atoms with Gasteiger partial charge in [0, 0.05) is 0 Å². The van der Waals surface area contributed by atoms with Gasteiger partial charge >= 0.3 is 5.97 Å². The van der Waals surface area contributed by atoms with Crippen LogP contribution in [0.25, 0.3) is 0 Å². The first-order chi connectivity index (χ1) is 13.3. The van der Waals surface area contributed by atoms with Gasteiger partial charge in [-0.25, -0.2) is 4.79 Å². The fourth-order valence-electron chi connectivity index (χ4n) is 2.35. The topological polar surface area (TPSA) is 194 Å². The van der Waals surface area contributed by atoms with Gasteiger partial charge in [0.25, 0.3) is 0 Å². The molecule has 0 rings (SSSR count). The lowest BCUT2D eigenvalue weighted by molar-refractivity contribution is -0.143. The first-order valence-corrected chi connectivity index (χ1v) is 9.44. The molecule has 0 bridgehead atoms. The SMILES string of the molecule is CC(C)CC(NC(=O)C(C)NC(=O)C(N)C(C)C)C(=O)NC(CC(N)=O)C(=O)O. The summed E-state index contributed by atoms with van der Waals surface area (Å²) in [6, 6.07) is -4.32. The number of primary amides is 1. The van der Waals surface area contributed by atoms with Crippen molar-refractivity contribution in [2.75, 3.05) is 0 Å². The minimum Gasteiger partial charge on any atom is -0.480 e. The van der Waals surface area contributed by atoms with Crippen LogP contribution in [0, 0.1) is 11.8 Å². The number of nitrogens with two attached hydrogens (primary N) is 2. The summed E-state index contributed by atoms with van der Waals surface area (Å²) >= 11 is 0. The fourth-order valence-corrected chi connectivity index (χ4v) is 2.35. The van der Waals surface area contributed by atoms with Gasteiger partial charge in [0.2, 0.25) is 23.6 Å². The number of amides is 4. The monoisotopic (exact) mass is 415 g/mol. The van der Waals surface area contributed by atoms with E-state index in [-0.39, 0.29) is 18.3 Å². The van der Waals surface area contributed by atoms with Crippen LogP contribution in [0.15, 0.2) is 0 Å². The summed E-state index contributed by atoms with van der Waals surface area (Å²) in [5, 5.41) is 16.3. The lowest BCUT2D eigenvalue weighted by Crippen LogP contribution is -2.57. The van der Waals surface area contributed by atoms with E-state index in [2.05, 4.69) is 16.0 Å². The van der Waals surface area contributed by atoms with E-state index in [0.29, 0.717) is 0 Å². The van der Waals surface area contributed by atoms with Crippen LogP contribution in [0.1, 0.15) is 47.5 Å². The summed E-state index contributed by atoms with van der Waals surface area (Å²) in [7, 11) is 0. The zero-order valence-electron chi connectivity index (χ0n) is 17.5. The van der Waals surface area contributed by atoms with Crippen molar-refractivity contribution >= 4 is 29.6 Å². The van der Waals surface area contributed by atoms with Crippen molar-refractivity contribution in [3.8, 4) is 0 Å². The van der Waals surface area contributed by atoms with Gasteiger partial charge in [0.15, 0.2) is 0 Å². The van der Waals surface area contributed by atoms with Gasteiger partial charge in [-0.2, -0.15) is 0 Å². The highest BCUT2D eigenvalue weighted by Gasteiger charge is 2.30. The van der Waals surface area contributed by atoms with Crippen LogP contribution in [0.3, 0.4) is 0 Å². The standard InChI is InChI=1S/C18H33N5O6/c1-8(2)6-11(16(26)23-12(18(28)29)7-13(19)24)22-15(25)10(5)21-17(27)14(20)9(3)4/h8-12,14H,6-7,20H2,1-5H3,(H2,19,24)(H,21,27)(H,22,25)(H,23,26)(H,28,29). The molecular weight excluding hydrogens is 382 g/mol. The lowest BCUT2D eigenvalue weighted by atomic mass is 10.0. The molecule has 0 aromatic rings. The number of carbonyl (C=O) groups is 5. The molecule has 29 heavy (non-hydrogen) atoms. The quantitative estimate of drug-likeness (QED) is 0.222. The van der Waals surface area contributed by atoms with Crippen molar-refractivity contribution in [3.63, 3.8) is 0 Å². The highest BCUT2D eigenvalue weighted by Crippen LogP contribution is 2.07. The Bertz CT molecular complexity index is 622. The van der Waals surface area contributed by atoms with Gasteiger partial charge in [0.05, 0.1) is 12.5 Å². The summed E-state index contributed by atoms with van der Waals surface area (Å²) < 4.78 is 0. The Morgan fingerprint density at radius 3 is 1.76 bits per heavy atom. The predicted octanol–water partition coefficient (Wildman–Crippen LogP) is -1.55. The highest BCUT2D eigenvalue weighted by molar-refractivity contribution is 5.94. The Labute approximate surface area is 170 Å². The second-order valence-corrected chi connectivity index (χ2v) is 7.76. The van der Waals surface area contributed by atoms with Crippen LogP contribution >= 0.6 is 0 Å².